The third kappa shape index (κ3) is 4.04. The summed E-state index contributed by atoms with van der Waals surface area (Å²) in [5, 5.41) is 0. The summed E-state index contributed by atoms with van der Waals surface area (Å²) < 4.78 is 17.9. The molecule has 0 spiro atoms. The number of carbonyl (C=O) groups excluding carboxylic acids is 2. The molecular weight excluding hydrogens is 368 g/mol. The molecule has 1 fully saturated rings. The normalized spacial score (nSPS) is 23.9. The molecule has 9 nitrogen and oxygen atoms in total. The highest BCUT2D eigenvalue weighted by molar-refractivity contribution is 5.89. The largest absolute Gasteiger partial charge is 0.454 e. The number of aromatic amines is 1. The Labute approximate surface area is 159 Å². The average Bonchev–Trinajstić information content (AvgIpc) is 2.99. The Morgan fingerprint density at radius 2 is 1.82 bits per heavy atom. The zero-order chi connectivity index (χ0) is 20.3. The van der Waals surface area contributed by atoms with Gasteiger partial charge in [-0.25, -0.2) is 9.59 Å². The highest BCUT2D eigenvalue weighted by atomic mass is 16.6. The molecule has 0 saturated carbocycles. The molecule has 28 heavy (non-hydrogen) atoms. The van der Waals surface area contributed by atoms with Crippen LogP contribution < -0.4 is 11.2 Å². The number of nitrogens with zero attached hydrogens (tertiary/aromatic N) is 1. The van der Waals surface area contributed by atoms with Gasteiger partial charge in [-0.2, -0.15) is 0 Å². The maximum absolute atomic E-state index is 12.5. The maximum Gasteiger partial charge on any atom is 0.338 e. The van der Waals surface area contributed by atoms with E-state index in [1.54, 1.807) is 30.3 Å². The zero-order valence-electron chi connectivity index (χ0n) is 15.4. The molecule has 0 bridgehead atoms. The van der Waals surface area contributed by atoms with Crippen LogP contribution in [0.25, 0.3) is 0 Å². The van der Waals surface area contributed by atoms with Gasteiger partial charge in [0.15, 0.2) is 18.4 Å². The van der Waals surface area contributed by atoms with Gasteiger partial charge >= 0.3 is 17.6 Å². The summed E-state index contributed by atoms with van der Waals surface area (Å²) >= 11 is 0. The van der Waals surface area contributed by atoms with Crippen LogP contribution in [0.3, 0.4) is 0 Å². The number of rotatable bonds is 5. The quantitative estimate of drug-likeness (QED) is 0.760. The molecule has 3 rings (SSSR count). The fourth-order valence-electron chi connectivity index (χ4n) is 3.11. The number of esters is 2. The van der Waals surface area contributed by atoms with Gasteiger partial charge in [0.05, 0.1) is 5.56 Å². The van der Waals surface area contributed by atoms with Crippen molar-refractivity contribution in [3.8, 4) is 0 Å². The Morgan fingerprint density at radius 1 is 1.11 bits per heavy atom. The number of ether oxygens (including phenoxy) is 3. The lowest BCUT2D eigenvalue weighted by molar-refractivity contribution is -0.156. The van der Waals surface area contributed by atoms with E-state index >= 15 is 0 Å². The summed E-state index contributed by atoms with van der Waals surface area (Å²) in [4.78, 5) is 49.8. The fraction of sp³-hybridized carbons (Fsp3) is 0.368. The van der Waals surface area contributed by atoms with Gasteiger partial charge in [0, 0.05) is 19.2 Å². The van der Waals surface area contributed by atoms with E-state index in [0.717, 1.165) is 10.6 Å². The second kappa shape index (κ2) is 8.22. The molecule has 1 aliphatic heterocycles. The first-order valence-electron chi connectivity index (χ1n) is 8.81. The fourth-order valence-corrected chi connectivity index (χ4v) is 3.11. The lowest BCUT2D eigenvalue weighted by Gasteiger charge is -2.24. The Morgan fingerprint density at radius 3 is 2.43 bits per heavy atom. The van der Waals surface area contributed by atoms with Crippen LogP contribution in [-0.4, -0.2) is 39.8 Å². The summed E-state index contributed by atoms with van der Waals surface area (Å²) in [5.74, 6) is -1.21. The molecular formula is C19H20N2O7. The molecule has 2 aromatic rings. The number of hydrogen-bond acceptors (Lipinski definition) is 7. The Bertz CT molecular complexity index is 966. The minimum atomic E-state index is -1.06. The Kier molecular flexibility index (Phi) is 5.74. The Balaban J connectivity index is 1.94. The predicted molar refractivity (Wildman–Crippen MR) is 96.7 cm³/mol. The molecule has 2 unspecified atom stereocenters. The van der Waals surface area contributed by atoms with Gasteiger partial charge in [0.2, 0.25) is 0 Å². The molecule has 0 radical (unpaired) electrons. The van der Waals surface area contributed by atoms with Gasteiger partial charge in [-0.15, -0.1) is 0 Å². The maximum atomic E-state index is 12.5. The first kappa shape index (κ1) is 19.6. The topological polar surface area (TPSA) is 117 Å². The van der Waals surface area contributed by atoms with Gasteiger partial charge in [-0.3, -0.25) is 19.1 Å². The van der Waals surface area contributed by atoms with Crippen molar-refractivity contribution in [2.75, 3.05) is 0 Å². The standard InChI is InChI=1S/C19H20N2O7/c1-3-13-15(28-18(24)12-7-5-4-6-8-12)16(26-11(2)22)17(27-13)21-10-9-14(23)20-19(21)25/h4-10,13,15-17H,3H2,1-2H3,(H,20,23,25)/t13-,15?,16?,17-/m0/s1. The molecule has 1 N–H and O–H groups in total. The first-order valence-corrected chi connectivity index (χ1v) is 8.81. The zero-order valence-corrected chi connectivity index (χ0v) is 15.4. The molecule has 1 aliphatic rings. The second-order valence-electron chi connectivity index (χ2n) is 6.30. The van der Waals surface area contributed by atoms with Crippen LogP contribution in [-0.2, 0) is 19.0 Å². The van der Waals surface area contributed by atoms with E-state index < -0.39 is 47.7 Å². The summed E-state index contributed by atoms with van der Waals surface area (Å²) in [6.45, 7) is 3.03. The van der Waals surface area contributed by atoms with Crippen LogP contribution in [0, 0.1) is 0 Å². The highest BCUT2D eigenvalue weighted by Gasteiger charge is 2.49. The van der Waals surface area contributed by atoms with E-state index in [2.05, 4.69) is 4.98 Å². The third-order valence-electron chi connectivity index (χ3n) is 4.37. The molecule has 9 heteroatoms. The first-order chi connectivity index (χ1) is 13.4. The third-order valence-corrected chi connectivity index (χ3v) is 4.37. The van der Waals surface area contributed by atoms with Crippen LogP contribution in [0.5, 0.6) is 0 Å². The predicted octanol–water partition coefficient (Wildman–Crippen LogP) is 1.00. The van der Waals surface area contributed by atoms with E-state index in [4.69, 9.17) is 14.2 Å². The second-order valence-corrected chi connectivity index (χ2v) is 6.30. The molecule has 2 heterocycles. The van der Waals surface area contributed by atoms with E-state index in [0.29, 0.717) is 12.0 Å². The lowest BCUT2D eigenvalue weighted by atomic mass is 10.1. The summed E-state index contributed by atoms with van der Waals surface area (Å²) in [5.41, 5.74) is -0.953. The summed E-state index contributed by atoms with van der Waals surface area (Å²) in [7, 11) is 0. The molecule has 1 aromatic carbocycles. The summed E-state index contributed by atoms with van der Waals surface area (Å²) in [6, 6.07) is 9.52. The Hall–Kier alpha value is -3.20. The number of benzene rings is 1. The monoisotopic (exact) mass is 388 g/mol. The van der Waals surface area contributed by atoms with Crippen molar-refractivity contribution < 1.29 is 23.8 Å². The van der Waals surface area contributed by atoms with Gasteiger partial charge in [0.25, 0.3) is 5.56 Å². The number of hydrogen-bond donors (Lipinski definition) is 1. The smallest absolute Gasteiger partial charge is 0.338 e. The molecule has 148 valence electrons. The van der Waals surface area contributed by atoms with Crippen molar-refractivity contribution in [1.29, 1.82) is 0 Å². The van der Waals surface area contributed by atoms with E-state index in [1.165, 1.54) is 13.1 Å². The number of carbonyl (C=O) groups is 2. The SMILES string of the molecule is CC[C@@H]1O[C@H](n2ccc(=O)[nH]c2=O)C(OC(C)=O)C1OC(=O)c1ccccc1. The van der Waals surface area contributed by atoms with Gasteiger partial charge < -0.3 is 14.2 Å². The van der Waals surface area contributed by atoms with Gasteiger partial charge in [-0.05, 0) is 18.6 Å². The summed E-state index contributed by atoms with van der Waals surface area (Å²) in [6.07, 6.45) is -1.95. The van der Waals surface area contributed by atoms with Crippen LogP contribution in [0.4, 0.5) is 0 Å². The van der Waals surface area contributed by atoms with E-state index in [1.807, 2.05) is 6.92 Å². The minimum absolute atomic E-state index is 0.337. The number of aromatic nitrogens is 2. The molecule has 0 aliphatic carbocycles. The lowest BCUT2D eigenvalue weighted by Crippen LogP contribution is -2.41. The van der Waals surface area contributed by atoms with Crippen molar-refractivity contribution in [3.63, 3.8) is 0 Å². The van der Waals surface area contributed by atoms with Crippen molar-refractivity contribution in [2.45, 2.75) is 44.8 Å². The van der Waals surface area contributed by atoms with Crippen LogP contribution >= 0.6 is 0 Å². The molecule has 1 aromatic heterocycles. The van der Waals surface area contributed by atoms with Gasteiger partial charge in [-0.1, -0.05) is 25.1 Å². The van der Waals surface area contributed by atoms with Crippen molar-refractivity contribution in [1.82, 2.24) is 9.55 Å². The average molecular weight is 388 g/mol. The molecule has 4 atom stereocenters. The number of nitrogens with one attached hydrogen (secondary N) is 1. The minimum Gasteiger partial charge on any atom is -0.454 e. The van der Waals surface area contributed by atoms with Crippen LogP contribution in [0.2, 0.25) is 0 Å². The van der Waals surface area contributed by atoms with E-state index in [9.17, 15) is 19.2 Å². The van der Waals surface area contributed by atoms with Crippen molar-refractivity contribution >= 4 is 11.9 Å². The van der Waals surface area contributed by atoms with Crippen molar-refractivity contribution in [2.24, 2.45) is 0 Å². The molecule has 1 saturated heterocycles. The van der Waals surface area contributed by atoms with Crippen LogP contribution in [0.1, 0.15) is 36.9 Å². The molecule has 0 amide bonds. The number of H-pyrrole nitrogens is 1. The van der Waals surface area contributed by atoms with Gasteiger partial charge in [0.1, 0.15) is 6.10 Å². The van der Waals surface area contributed by atoms with Crippen LogP contribution in [0.15, 0.2) is 52.2 Å². The van der Waals surface area contributed by atoms with E-state index in [-0.39, 0.29) is 0 Å². The highest BCUT2D eigenvalue weighted by Crippen LogP contribution is 2.34. The van der Waals surface area contributed by atoms with Crippen molar-refractivity contribution in [3.05, 3.63) is 69.0 Å².